The Bertz CT molecular complexity index is 869. The third kappa shape index (κ3) is 5.70. The van der Waals surface area contributed by atoms with E-state index in [1.807, 2.05) is 55.6 Å². The molecular weight excluding hydrogens is 366 g/mol. The summed E-state index contributed by atoms with van der Waals surface area (Å²) in [4.78, 5) is 6.58. The number of methoxy groups -OCH3 is 1. The van der Waals surface area contributed by atoms with Crippen molar-refractivity contribution < 1.29 is 14.0 Å². The molecule has 3 aromatic rings. The zero-order valence-electron chi connectivity index (χ0n) is 15.4. The summed E-state index contributed by atoms with van der Waals surface area (Å²) in [5.41, 5.74) is 0.863. The van der Waals surface area contributed by atoms with Gasteiger partial charge in [-0.05, 0) is 43.8 Å². The standard InChI is InChI=1S/C20H22ClN3O3/c1-24(10-5-11-26-18-9-4-7-16(21)13-18)14-19-22-20(23-27-19)15-6-3-8-17(12-15)25-2/h3-4,6-9,12-13H,5,10-11,14H2,1-2H3. The Hall–Kier alpha value is -2.57. The van der Waals surface area contributed by atoms with Gasteiger partial charge < -0.3 is 14.0 Å². The highest BCUT2D eigenvalue weighted by atomic mass is 35.5. The molecule has 0 saturated heterocycles. The normalized spacial score (nSPS) is 11.0. The molecule has 0 fully saturated rings. The molecule has 0 saturated carbocycles. The summed E-state index contributed by atoms with van der Waals surface area (Å²) < 4.78 is 16.3. The second kappa shape index (κ2) is 9.39. The van der Waals surface area contributed by atoms with E-state index in [0.717, 1.165) is 30.0 Å². The molecule has 0 atom stereocenters. The molecule has 1 heterocycles. The first-order valence-corrected chi connectivity index (χ1v) is 9.06. The lowest BCUT2D eigenvalue weighted by Gasteiger charge is -2.14. The molecule has 0 aliphatic rings. The maximum absolute atomic E-state index is 5.94. The molecule has 3 rings (SSSR count). The van der Waals surface area contributed by atoms with Gasteiger partial charge in [0.1, 0.15) is 11.5 Å². The Morgan fingerprint density at radius 3 is 2.74 bits per heavy atom. The van der Waals surface area contributed by atoms with Crippen LogP contribution in [-0.2, 0) is 6.54 Å². The average Bonchev–Trinajstić information content (AvgIpc) is 3.14. The van der Waals surface area contributed by atoms with Crippen molar-refractivity contribution in [2.24, 2.45) is 0 Å². The minimum absolute atomic E-state index is 0.557. The summed E-state index contributed by atoms with van der Waals surface area (Å²) in [6.45, 7) is 2.04. The van der Waals surface area contributed by atoms with Crippen LogP contribution in [0.3, 0.4) is 0 Å². The van der Waals surface area contributed by atoms with E-state index in [2.05, 4.69) is 15.0 Å². The third-order valence-electron chi connectivity index (χ3n) is 3.95. The number of ether oxygens (including phenoxy) is 2. The van der Waals surface area contributed by atoms with Crippen molar-refractivity contribution in [2.75, 3.05) is 27.3 Å². The van der Waals surface area contributed by atoms with Crippen LogP contribution in [0.5, 0.6) is 11.5 Å². The van der Waals surface area contributed by atoms with Crippen LogP contribution in [0.4, 0.5) is 0 Å². The van der Waals surface area contributed by atoms with Gasteiger partial charge in [0.25, 0.3) is 0 Å². The monoisotopic (exact) mass is 387 g/mol. The molecule has 6 nitrogen and oxygen atoms in total. The second-order valence-electron chi connectivity index (χ2n) is 6.14. The third-order valence-corrected chi connectivity index (χ3v) is 4.19. The molecule has 0 aliphatic heterocycles. The van der Waals surface area contributed by atoms with Crippen LogP contribution in [0, 0.1) is 0 Å². The van der Waals surface area contributed by atoms with Crippen molar-refractivity contribution in [1.29, 1.82) is 0 Å². The Labute approximate surface area is 163 Å². The lowest BCUT2D eigenvalue weighted by molar-refractivity contribution is 0.235. The van der Waals surface area contributed by atoms with Gasteiger partial charge in [-0.15, -0.1) is 0 Å². The summed E-state index contributed by atoms with van der Waals surface area (Å²) in [6, 6.07) is 15.0. The van der Waals surface area contributed by atoms with Crippen molar-refractivity contribution in [3.8, 4) is 22.9 Å². The van der Waals surface area contributed by atoms with Crippen molar-refractivity contribution in [3.05, 3.63) is 59.4 Å². The largest absolute Gasteiger partial charge is 0.497 e. The smallest absolute Gasteiger partial charge is 0.241 e. The molecule has 27 heavy (non-hydrogen) atoms. The first kappa shape index (κ1) is 19.2. The minimum atomic E-state index is 0.557. The Balaban J connectivity index is 1.45. The van der Waals surface area contributed by atoms with Crippen molar-refractivity contribution >= 4 is 11.6 Å². The van der Waals surface area contributed by atoms with Gasteiger partial charge in [-0.2, -0.15) is 4.98 Å². The van der Waals surface area contributed by atoms with Crippen LogP contribution in [0.15, 0.2) is 53.1 Å². The van der Waals surface area contributed by atoms with E-state index in [1.165, 1.54) is 0 Å². The van der Waals surface area contributed by atoms with Crippen LogP contribution in [0.25, 0.3) is 11.4 Å². The zero-order chi connectivity index (χ0) is 19.1. The molecule has 0 unspecified atom stereocenters. The molecular formula is C20H22ClN3O3. The minimum Gasteiger partial charge on any atom is -0.497 e. The van der Waals surface area contributed by atoms with Crippen LogP contribution in [0.2, 0.25) is 5.02 Å². The summed E-state index contributed by atoms with van der Waals surface area (Å²) in [5.74, 6) is 2.67. The molecule has 0 amide bonds. The lowest BCUT2D eigenvalue weighted by Crippen LogP contribution is -2.21. The van der Waals surface area contributed by atoms with Crippen molar-refractivity contribution in [3.63, 3.8) is 0 Å². The van der Waals surface area contributed by atoms with Gasteiger partial charge in [0.05, 0.1) is 20.3 Å². The first-order valence-electron chi connectivity index (χ1n) is 8.68. The quantitative estimate of drug-likeness (QED) is 0.510. The molecule has 7 heteroatoms. The molecule has 0 bridgehead atoms. The van der Waals surface area contributed by atoms with E-state index in [-0.39, 0.29) is 0 Å². The van der Waals surface area contributed by atoms with E-state index < -0.39 is 0 Å². The maximum atomic E-state index is 5.94. The predicted octanol–water partition coefficient (Wildman–Crippen LogP) is 4.30. The number of nitrogens with zero attached hydrogens (tertiary/aromatic N) is 3. The fourth-order valence-corrected chi connectivity index (χ4v) is 2.77. The van der Waals surface area contributed by atoms with Gasteiger partial charge in [-0.25, -0.2) is 0 Å². The van der Waals surface area contributed by atoms with E-state index >= 15 is 0 Å². The fourth-order valence-electron chi connectivity index (χ4n) is 2.59. The van der Waals surface area contributed by atoms with Crippen LogP contribution in [0.1, 0.15) is 12.3 Å². The summed E-state index contributed by atoms with van der Waals surface area (Å²) >= 11 is 5.94. The Morgan fingerprint density at radius 2 is 1.93 bits per heavy atom. The first-order chi connectivity index (χ1) is 13.1. The molecule has 0 N–H and O–H groups in total. The van der Waals surface area contributed by atoms with Gasteiger partial charge in [-0.3, -0.25) is 4.90 Å². The van der Waals surface area contributed by atoms with Gasteiger partial charge in [0, 0.05) is 17.1 Å². The zero-order valence-corrected chi connectivity index (χ0v) is 16.1. The summed E-state index contributed by atoms with van der Waals surface area (Å²) in [6.07, 6.45) is 0.875. The fraction of sp³-hybridized carbons (Fsp3) is 0.300. The Kier molecular flexibility index (Phi) is 6.68. The number of benzene rings is 2. The molecule has 142 valence electrons. The molecule has 0 spiro atoms. The number of rotatable bonds is 9. The summed E-state index contributed by atoms with van der Waals surface area (Å²) in [5, 5.41) is 4.73. The van der Waals surface area contributed by atoms with Crippen LogP contribution in [-0.4, -0.2) is 42.3 Å². The van der Waals surface area contributed by atoms with Crippen molar-refractivity contribution in [2.45, 2.75) is 13.0 Å². The predicted molar refractivity (Wildman–Crippen MR) is 104 cm³/mol. The second-order valence-corrected chi connectivity index (χ2v) is 6.58. The maximum Gasteiger partial charge on any atom is 0.241 e. The number of aromatic nitrogens is 2. The van der Waals surface area contributed by atoms with Crippen molar-refractivity contribution in [1.82, 2.24) is 15.0 Å². The van der Waals surface area contributed by atoms with E-state index in [4.69, 9.17) is 25.6 Å². The van der Waals surface area contributed by atoms with E-state index in [1.54, 1.807) is 7.11 Å². The van der Waals surface area contributed by atoms with Gasteiger partial charge in [0.15, 0.2) is 0 Å². The highest BCUT2D eigenvalue weighted by Crippen LogP contribution is 2.21. The number of hydrogen-bond acceptors (Lipinski definition) is 6. The van der Waals surface area contributed by atoms with E-state index in [9.17, 15) is 0 Å². The average molecular weight is 388 g/mol. The highest BCUT2D eigenvalue weighted by molar-refractivity contribution is 6.30. The van der Waals surface area contributed by atoms with Gasteiger partial charge >= 0.3 is 0 Å². The van der Waals surface area contributed by atoms with Gasteiger partial charge in [0.2, 0.25) is 11.7 Å². The van der Waals surface area contributed by atoms with E-state index in [0.29, 0.717) is 29.9 Å². The Morgan fingerprint density at radius 1 is 1.11 bits per heavy atom. The SMILES string of the molecule is COc1cccc(-c2noc(CN(C)CCCOc3cccc(Cl)c3)n2)c1. The number of hydrogen-bond donors (Lipinski definition) is 0. The highest BCUT2D eigenvalue weighted by Gasteiger charge is 2.11. The van der Waals surface area contributed by atoms with Crippen LogP contribution >= 0.6 is 11.6 Å². The molecule has 1 aromatic heterocycles. The number of halogens is 1. The molecule has 0 radical (unpaired) electrons. The topological polar surface area (TPSA) is 60.6 Å². The molecule has 0 aliphatic carbocycles. The lowest BCUT2D eigenvalue weighted by atomic mass is 10.2. The van der Waals surface area contributed by atoms with Crippen LogP contribution < -0.4 is 9.47 Å². The summed E-state index contributed by atoms with van der Waals surface area (Å²) in [7, 11) is 3.64. The van der Waals surface area contributed by atoms with Gasteiger partial charge in [-0.1, -0.05) is 35.0 Å². The molecule has 2 aromatic carbocycles.